The molecule has 0 aliphatic heterocycles. The number of hydrogen-bond acceptors (Lipinski definition) is 8. The molecule has 0 radical (unpaired) electrons. The van der Waals surface area contributed by atoms with E-state index >= 15 is 0 Å². The number of nitrogens with one attached hydrogen (secondary N) is 2. The Kier molecular flexibility index (Phi) is 9.61. The van der Waals surface area contributed by atoms with Gasteiger partial charge in [0.15, 0.2) is 5.82 Å². The minimum Gasteiger partial charge on any atom is -0.496 e. The number of methoxy groups -OCH3 is 1. The van der Waals surface area contributed by atoms with Crippen LogP contribution in [0, 0.1) is 0 Å². The second kappa shape index (κ2) is 14.1. The fourth-order valence-electron chi connectivity index (χ4n) is 4.34. The monoisotopic (exact) mass is 584 g/mol. The maximum absolute atomic E-state index is 13.4. The summed E-state index contributed by atoms with van der Waals surface area (Å²) in [5.74, 6) is 2.79. The summed E-state index contributed by atoms with van der Waals surface area (Å²) in [7, 11) is 1.61. The van der Waals surface area contributed by atoms with Crippen LogP contribution >= 0.6 is 11.6 Å². The molecule has 1 aromatic heterocycles. The predicted molar refractivity (Wildman–Crippen MR) is 159 cm³/mol. The number of benzene rings is 4. The Morgan fingerprint density at radius 2 is 1.60 bits per heavy atom. The molecule has 0 aliphatic carbocycles. The molecular formula is C31H29ClN6O4. The lowest BCUT2D eigenvalue weighted by atomic mass is 10.1. The average Bonchev–Trinajstić information content (AvgIpc) is 3.55. The quantitative estimate of drug-likeness (QED) is 0.175. The Morgan fingerprint density at radius 1 is 0.905 bits per heavy atom. The Morgan fingerprint density at radius 3 is 2.31 bits per heavy atom. The molecule has 4 aromatic carbocycles. The lowest BCUT2D eigenvalue weighted by Gasteiger charge is -2.30. The van der Waals surface area contributed by atoms with Crippen LogP contribution in [0.3, 0.4) is 0 Å². The summed E-state index contributed by atoms with van der Waals surface area (Å²) >= 11 is 6.34. The van der Waals surface area contributed by atoms with Gasteiger partial charge < -0.3 is 19.5 Å². The van der Waals surface area contributed by atoms with Gasteiger partial charge in [-0.2, -0.15) is 0 Å². The number of carbonyl (C=O) groups is 1. The molecule has 1 heterocycles. The summed E-state index contributed by atoms with van der Waals surface area (Å²) in [6, 6.07) is 31.0. The standard InChI is InChI=1S/C31H29ClN6O4/c1-40-28-13-7-5-9-22(28)19-38(27(31-34-36-37-35-31)21-41-29-14-8-6-12-26(29)32)20-30(39)33-23-15-17-25(18-16-23)42-24-10-3-2-4-11-24/h2-18,27H,19-21H2,1H3,(H,33,39)(H,34,35,36,37). The van der Waals surface area contributed by atoms with Crippen LogP contribution in [0.15, 0.2) is 103 Å². The van der Waals surface area contributed by atoms with Gasteiger partial charge in [-0.15, -0.1) is 5.10 Å². The van der Waals surface area contributed by atoms with Gasteiger partial charge >= 0.3 is 0 Å². The van der Waals surface area contributed by atoms with Crippen molar-refractivity contribution in [2.24, 2.45) is 0 Å². The van der Waals surface area contributed by atoms with Crippen molar-refractivity contribution >= 4 is 23.2 Å². The topological polar surface area (TPSA) is 114 Å². The molecule has 0 aliphatic rings. The molecule has 0 fully saturated rings. The lowest BCUT2D eigenvalue weighted by molar-refractivity contribution is -0.118. The van der Waals surface area contributed by atoms with Crippen LogP contribution in [0.1, 0.15) is 17.4 Å². The molecule has 0 spiro atoms. The van der Waals surface area contributed by atoms with Gasteiger partial charge in [0.2, 0.25) is 5.91 Å². The fourth-order valence-corrected chi connectivity index (χ4v) is 4.53. The third kappa shape index (κ3) is 7.62. The zero-order valence-electron chi connectivity index (χ0n) is 22.8. The molecule has 42 heavy (non-hydrogen) atoms. The van der Waals surface area contributed by atoms with Crippen molar-refractivity contribution in [3.63, 3.8) is 0 Å². The molecule has 1 unspecified atom stereocenters. The summed E-state index contributed by atoms with van der Waals surface area (Å²) in [5.41, 5.74) is 1.51. The number of anilines is 1. The first-order valence-electron chi connectivity index (χ1n) is 13.2. The molecular weight excluding hydrogens is 556 g/mol. The highest BCUT2D eigenvalue weighted by molar-refractivity contribution is 6.32. The van der Waals surface area contributed by atoms with E-state index in [1.54, 1.807) is 43.5 Å². The van der Waals surface area contributed by atoms with Crippen molar-refractivity contribution in [3.8, 4) is 23.0 Å². The molecule has 0 saturated heterocycles. The van der Waals surface area contributed by atoms with E-state index in [9.17, 15) is 4.79 Å². The lowest BCUT2D eigenvalue weighted by Crippen LogP contribution is -2.39. The van der Waals surface area contributed by atoms with E-state index in [4.69, 9.17) is 25.8 Å². The highest BCUT2D eigenvalue weighted by Crippen LogP contribution is 2.29. The number of carbonyl (C=O) groups excluding carboxylic acids is 1. The largest absolute Gasteiger partial charge is 0.496 e. The number of nitrogens with zero attached hydrogens (tertiary/aromatic N) is 4. The molecule has 10 nitrogen and oxygen atoms in total. The number of H-pyrrole nitrogens is 1. The maximum atomic E-state index is 13.4. The first-order valence-corrected chi connectivity index (χ1v) is 13.6. The van der Waals surface area contributed by atoms with Crippen LogP contribution in [0.2, 0.25) is 5.02 Å². The van der Waals surface area contributed by atoms with Crippen molar-refractivity contribution < 1.29 is 19.0 Å². The van der Waals surface area contributed by atoms with Gasteiger partial charge in [-0.05, 0) is 65.0 Å². The number of aromatic amines is 1. The summed E-state index contributed by atoms with van der Waals surface area (Å²) in [4.78, 5) is 15.3. The molecule has 5 rings (SSSR count). The summed E-state index contributed by atoms with van der Waals surface area (Å²) in [6.45, 7) is 0.463. The molecule has 5 aromatic rings. The predicted octanol–water partition coefficient (Wildman–Crippen LogP) is 5.92. The van der Waals surface area contributed by atoms with Crippen molar-refractivity contribution in [3.05, 3.63) is 120 Å². The SMILES string of the molecule is COc1ccccc1CN(CC(=O)Nc1ccc(Oc2ccccc2)cc1)C(COc1ccccc1Cl)c1nnn[nH]1. The normalized spacial score (nSPS) is 11.6. The van der Waals surface area contributed by atoms with Gasteiger partial charge in [-0.25, -0.2) is 5.10 Å². The van der Waals surface area contributed by atoms with Gasteiger partial charge in [-0.3, -0.25) is 9.69 Å². The van der Waals surface area contributed by atoms with Crippen LogP contribution in [0.4, 0.5) is 5.69 Å². The third-order valence-electron chi connectivity index (χ3n) is 6.38. The number of rotatable bonds is 13. The van der Waals surface area contributed by atoms with E-state index in [1.165, 1.54) is 0 Å². The number of amides is 1. The van der Waals surface area contributed by atoms with Gasteiger partial charge in [-0.1, -0.05) is 60.1 Å². The van der Waals surface area contributed by atoms with E-state index in [0.717, 1.165) is 11.3 Å². The van der Waals surface area contributed by atoms with E-state index in [1.807, 2.05) is 71.6 Å². The number of tetrazole rings is 1. The van der Waals surface area contributed by atoms with Gasteiger partial charge in [0, 0.05) is 17.8 Å². The first kappa shape index (κ1) is 28.6. The zero-order chi connectivity index (χ0) is 29.1. The molecule has 2 N–H and O–H groups in total. The van der Waals surface area contributed by atoms with E-state index in [-0.39, 0.29) is 19.1 Å². The number of aromatic nitrogens is 4. The Bertz CT molecular complexity index is 1570. The highest BCUT2D eigenvalue weighted by atomic mass is 35.5. The van der Waals surface area contributed by atoms with Crippen LogP contribution in [-0.4, -0.2) is 51.7 Å². The van der Waals surface area contributed by atoms with Crippen LogP contribution in [0.25, 0.3) is 0 Å². The molecule has 0 bridgehead atoms. The highest BCUT2D eigenvalue weighted by Gasteiger charge is 2.28. The molecule has 11 heteroatoms. The van der Waals surface area contributed by atoms with Crippen molar-refractivity contribution in [1.82, 2.24) is 25.5 Å². The second-order valence-electron chi connectivity index (χ2n) is 9.25. The van der Waals surface area contributed by atoms with Crippen molar-refractivity contribution in [1.29, 1.82) is 0 Å². The Hall–Kier alpha value is -4.93. The van der Waals surface area contributed by atoms with Crippen LogP contribution in [-0.2, 0) is 11.3 Å². The average molecular weight is 585 g/mol. The number of hydrogen-bond donors (Lipinski definition) is 2. The first-order chi connectivity index (χ1) is 20.6. The Balaban J connectivity index is 1.35. The van der Waals surface area contributed by atoms with E-state index < -0.39 is 6.04 Å². The van der Waals surface area contributed by atoms with Crippen molar-refractivity contribution in [2.75, 3.05) is 25.6 Å². The zero-order valence-corrected chi connectivity index (χ0v) is 23.6. The molecule has 1 amide bonds. The Labute approximate surface area is 248 Å². The van der Waals surface area contributed by atoms with Crippen LogP contribution < -0.4 is 19.5 Å². The summed E-state index contributed by atoms with van der Waals surface area (Å²) in [5, 5.41) is 17.9. The third-order valence-corrected chi connectivity index (χ3v) is 6.69. The number of para-hydroxylation sites is 3. The molecule has 0 saturated carbocycles. The second-order valence-corrected chi connectivity index (χ2v) is 9.66. The summed E-state index contributed by atoms with van der Waals surface area (Å²) < 4.78 is 17.5. The van der Waals surface area contributed by atoms with Gasteiger partial charge in [0.25, 0.3) is 0 Å². The van der Waals surface area contributed by atoms with E-state index in [0.29, 0.717) is 40.3 Å². The van der Waals surface area contributed by atoms with Gasteiger partial charge in [0.1, 0.15) is 35.6 Å². The summed E-state index contributed by atoms with van der Waals surface area (Å²) in [6.07, 6.45) is 0. The fraction of sp³-hybridized carbons (Fsp3) is 0.161. The minimum absolute atomic E-state index is 0.00242. The molecule has 214 valence electrons. The number of ether oxygens (including phenoxy) is 3. The molecule has 1 atom stereocenters. The van der Waals surface area contributed by atoms with Crippen molar-refractivity contribution in [2.45, 2.75) is 12.6 Å². The number of halogens is 1. The maximum Gasteiger partial charge on any atom is 0.238 e. The van der Waals surface area contributed by atoms with Crippen LogP contribution in [0.5, 0.6) is 23.0 Å². The smallest absolute Gasteiger partial charge is 0.238 e. The van der Waals surface area contributed by atoms with E-state index in [2.05, 4.69) is 25.9 Å². The van der Waals surface area contributed by atoms with Gasteiger partial charge in [0.05, 0.1) is 18.7 Å². The minimum atomic E-state index is -0.534.